The van der Waals surface area contributed by atoms with E-state index in [1.165, 1.54) is 21.3 Å². The molecule has 0 aliphatic rings. The number of methoxy groups -OCH3 is 4. The quantitative estimate of drug-likeness (QED) is 0.388. The van der Waals surface area contributed by atoms with Crippen LogP contribution in [0.5, 0.6) is 0 Å². The summed E-state index contributed by atoms with van der Waals surface area (Å²) in [4.78, 5) is 12.0. The van der Waals surface area contributed by atoms with Gasteiger partial charge in [-0.3, -0.25) is 0 Å². The van der Waals surface area contributed by atoms with Crippen LogP contribution in [0.2, 0.25) is 0 Å². The predicted molar refractivity (Wildman–Crippen MR) is 80.6 cm³/mol. The number of rotatable bonds is 13. The number of allylic oxidation sites excluding steroid dienone is 1. The largest absolute Gasteiger partial charge is 0.461 e. The molecule has 1 N–H and O–H groups in total. The SMILES string of the molecule is C=CC[C@H](COC)[C@@H](OC)[C@H](OC)[C@@H](OC)C(=O)OCCO. The predicted octanol–water partition coefficient (Wildman–Crippen LogP) is 0.406. The van der Waals surface area contributed by atoms with Gasteiger partial charge in [0.1, 0.15) is 12.7 Å². The van der Waals surface area contributed by atoms with Gasteiger partial charge in [-0.1, -0.05) is 6.08 Å². The van der Waals surface area contributed by atoms with Crippen molar-refractivity contribution < 1.29 is 33.6 Å². The normalized spacial score (nSPS) is 16.6. The standard InChI is InChI=1S/C15H28O7/c1-6-7-11(10-18-2)12(19-3)13(20-4)14(21-5)15(17)22-9-8-16/h6,11-14,16H,1,7-10H2,2-5H3/t11-,12-,13+,14-/m1/s1. The van der Waals surface area contributed by atoms with Crippen LogP contribution in [0.1, 0.15) is 6.42 Å². The van der Waals surface area contributed by atoms with Crippen molar-refractivity contribution in [3.05, 3.63) is 12.7 Å². The summed E-state index contributed by atoms with van der Waals surface area (Å²) in [5.74, 6) is -0.666. The van der Waals surface area contributed by atoms with Gasteiger partial charge in [0.15, 0.2) is 6.10 Å². The van der Waals surface area contributed by atoms with E-state index >= 15 is 0 Å². The Morgan fingerprint density at radius 2 is 1.77 bits per heavy atom. The Morgan fingerprint density at radius 3 is 2.18 bits per heavy atom. The van der Waals surface area contributed by atoms with Gasteiger partial charge in [-0.2, -0.15) is 0 Å². The number of ether oxygens (including phenoxy) is 5. The van der Waals surface area contributed by atoms with Gasteiger partial charge < -0.3 is 28.8 Å². The Bertz CT molecular complexity index is 308. The van der Waals surface area contributed by atoms with Gasteiger partial charge in [0.05, 0.1) is 19.3 Å². The highest BCUT2D eigenvalue weighted by molar-refractivity contribution is 5.75. The molecule has 7 nitrogen and oxygen atoms in total. The van der Waals surface area contributed by atoms with E-state index in [1.807, 2.05) is 0 Å². The lowest BCUT2D eigenvalue weighted by Gasteiger charge is -2.34. The first-order valence-electron chi connectivity index (χ1n) is 7.06. The average Bonchev–Trinajstić information content (AvgIpc) is 2.52. The molecule has 0 rings (SSSR count). The summed E-state index contributed by atoms with van der Waals surface area (Å²) < 4.78 is 26.3. The molecule has 0 aliphatic heterocycles. The maximum Gasteiger partial charge on any atom is 0.338 e. The summed E-state index contributed by atoms with van der Waals surface area (Å²) in [6.45, 7) is 3.80. The second-order valence-electron chi connectivity index (χ2n) is 4.69. The van der Waals surface area contributed by atoms with Crippen molar-refractivity contribution in [2.45, 2.75) is 24.7 Å². The molecule has 7 heteroatoms. The number of carbonyl (C=O) groups excluding carboxylic acids is 1. The maximum absolute atomic E-state index is 12.0. The first kappa shape index (κ1) is 21.0. The van der Waals surface area contributed by atoms with Crippen LogP contribution in [0.25, 0.3) is 0 Å². The molecule has 0 unspecified atom stereocenters. The maximum atomic E-state index is 12.0. The summed E-state index contributed by atoms with van der Waals surface area (Å²) in [7, 11) is 5.99. The van der Waals surface area contributed by atoms with Crippen LogP contribution in [-0.2, 0) is 28.5 Å². The van der Waals surface area contributed by atoms with Crippen LogP contribution >= 0.6 is 0 Å². The number of aliphatic hydroxyl groups is 1. The van der Waals surface area contributed by atoms with E-state index in [0.717, 1.165) is 0 Å². The Labute approximate surface area is 132 Å². The zero-order chi connectivity index (χ0) is 17.0. The van der Waals surface area contributed by atoms with Crippen molar-refractivity contribution in [3.63, 3.8) is 0 Å². The Morgan fingerprint density at radius 1 is 1.14 bits per heavy atom. The number of hydrogen-bond acceptors (Lipinski definition) is 7. The zero-order valence-corrected chi connectivity index (χ0v) is 13.8. The third kappa shape index (κ3) is 6.41. The van der Waals surface area contributed by atoms with E-state index < -0.39 is 24.3 Å². The lowest BCUT2D eigenvalue weighted by atomic mass is 9.92. The molecular weight excluding hydrogens is 292 g/mol. The average molecular weight is 320 g/mol. The first-order valence-corrected chi connectivity index (χ1v) is 7.06. The van der Waals surface area contributed by atoms with Crippen LogP contribution in [0.15, 0.2) is 12.7 Å². The van der Waals surface area contributed by atoms with E-state index in [-0.39, 0.29) is 19.1 Å². The Hall–Kier alpha value is -0.990. The molecule has 0 aromatic carbocycles. The van der Waals surface area contributed by atoms with E-state index in [4.69, 9.17) is 28.8 Å². The Kier molecular flexibility index (Phi) is 12.0. The molecule has 0 amide bonds. The van der Waals surface area contributed by atoms with E-state index in [2.05, 4.69) is 6.58 Å². The highest BCUT2D eigenvalue weighted by Gasteiger charge is 2.39. The lowest BCUT2D eigenvalue weighted by Crippen LogP contribution is -2.50. The number of hydrogen-bond donors (Lipinski definition) is 1. The molecule has 0 saturated carbocycles. The van der Waals surface area contributed by atoms with Gasteiger partial charge in [-0.05, 0) is 6.42 Å². The molecular formula is C15H28O7. The molecule has 0 aliphatic carbocycles. The molecule has 130 valence electrons. The summed E-state index contributed by atoms with van der Waals surface area (Å²) in [5.41, 5.74) is 0. The molecule has 0 bridgehead atoms. The minimum atomic E-state index is -0.967. The van der Waals surface area contributed by atoms with Gasteiger partial charge in [-0.25, -0.2) is 4.79 Å². The van der Waals surface area contributed by atoms with E-state index in [1.54, 1.807) is 13.2 Å². The smallest absolute Gasteiger partial charge is 0.338 e. The van der Waals surface area contributed by atoms with Crippen LogP contribution < -0.4 is 0 Å². The van der Waals surface area contributed by atoms with Gasteiger partial charge in [0.25, 0.3) is 0 Å². The van der Waals surface area contributed by atoms with Gasteiger partial charge in [0, 0.05) is 34.4 Å². The van der Waals surface area contributed by atoms with Crippen LogP contribution in [0, 0.1) is 5.92 Å². The molecule has 0 heterocycles. The molecule has 0 aromatic rings. The number of aliphatic hydroxyl groups excluding tert-OH is 1. The van der Waals surface area contributed by atoms with Gasteiger partial charge in [0.2, 0.25) is 0 Å². The summed E-state index contributed by atoms with van der Waals surface area (Å²) in [5, 5.41) is 8.75. The molecule has 0 fully saturated rings. The molecule has 22 heavy (non-hydrogen) atoms. The molecule has 4 atom stereocenters. The van der Waals surface area contributed by atoms with Crippen LogP contribution in [-0.4, -0.2) is 77.6 Å². The summed E-state index contributed by atoms with van der Waals surface area (Å²) in [6.07, 6.45) is 0.296. The molecule has 0 spiro atoms. The first-order chi connectivity index (χ1) is 10.6. The molecule has 0 radical (unpaired) electrons. The van der Waals surface area contributed by atoms with E-state index in [9.17, 15) is 4.79 Å². The van der Waals surface area contributed by atoms with Crippen molar-refractivity contribution in [1.29, 1.82) is 0 Å². The number of esters is 1. The fourth-order valence-corrected chi connectivity index (χ4v) is 2.34. The monoisotopic (exact) mass is 320 g/mol. The van der Waals surface area contributed by atoms with Crippen molar-refractivity contribution in [2.24, 2.45) is 5.92 Å². The minimum absolute atomic E-state index is 0.0549. The number of carbonyl (C=O) groups is 1. The second-order valence-corrected chi connectivity index (χ2v) is 4.69. The highest BCUT2D eigenvalue weighted by Crippen LogP contribution is 2.22. The van der Waals surface area contributed by atoms with Crippen LogP contribution in [0.4, 0.5) is 0 Å². The summed E-state index contributed by atoms with van der Waals surface area (Å²) >= 11 is 0. The third-order valence-corrected chi connectivity index (χ3v) is 3.30. The van der Waals surface area contributed by atoms with E-state index in [0.29, 0.717) is 13.0 Å². The molecule has 0 aromatic heterocycles. The molecule has 0 saturated heterocycles. The lowest BCUT2D eigenvalue weighted by molar-refractivity contribution is -0.178. The van der Waals surface area contributed by atoms with Gasteiger partial charge >= 0.3 is 5.97 Å². The van der Waals surface area contributed by atoms with Crippen LogP contribution in [0.3, 0.4) is 0 Å². The minimum Gasteiger partial charge on any atom is -0.461 e. The van der Waals surface area contributed by atoms with Crippen molar-refractivity contribution >= 4 is 5.97 Å². The highest BCUT2D eigenvalue weighted by atomic mass is 16.6. The third-order valence-electron chi connectivity index (χ3n) is 3.30. The van der Waals surface area contributed by atoms with Crippen molar-refractivity contribution in [3.8, 4) is 0 Å². The topological polar surface area (TPSA) is 83.5 Å². The Balaban J connectivity index is 5.17. The van der Waals surface area contributed by atoms with Crippen molar-refractivity contribution in [1.82, 2.24) is 0 Å². The fourth-order valence-electron chi connectivity index (χ4n) is 2.34. The fraction of sp³-hybridized carbons (Fsp3) is 0.800. The zero-order valence-electron chi connectivity index (χ0n) is 13.8. The van der Waals surface area contributed by atoms with Gasteiger partial charge in [-0.15, -0.1) is 6.58 Å². The van der Waals surface area contributed by atoms with Crippen molar-refractivity contribution in [2.75, 3.05) is 48.3 Å². The summed E-state index contributed by atoms with van der Waals surface area (Å²) in [6, 6.07) is 0. The second kappa shape index (κ2) is 12.5.